The Balaban J connectivity index is 1.32. The molecule has 0 amide bonds. The fourth-order valence-corrected chi connectivity index (χ4v) is 7.89. The first-order chi connectivity index (χ1) is 29.7. The highest BCUT2D eigenvalue weighted by Crippen LogP contribution is 2.39. The van der Waals surface area contributed by atoms with Crippen molar-refractivity contribution in [2.75, 3.05) is 19.8 Å². The maximum absolute atomic E-state index is 14.6. The van der Waals surface area contributed by atoms with E-state index in [0.29, 0.717) is 47.1 Å². The predicted molar refractivity (Wildman–Crippen MR) is 231 cm³/mol. The summed E-state index contributed by atoms with van der Waals surface area (Å²) >= 11 is 0. The van der Waals surface area contributed by atoms with E-state index in [9.17, 15) is 27.2 Å². The first-order valence-electron chi connectivity index (χ1n) is 20.9. The molecule has 0 spiro atoms. The van der Waals surface area contributed by atoms with E-state index in [1.807, 2.05) is 62.4 Å². The van der Waals surface area contributed by atoms with Crippen molar-refractivity contribution in [2.45, 2.75) is 91.1 Å². The molecule has 1 aromatic heterocycles. The van der Waals surface area contributed by atoms with Gasteiger partial charge in [0.1, 0.15) is 29.9 Å². The molecular weight excluding hydrogens is 805 g/mol. The molecule has 2 heterocycles. The number of rotatable bonds is 18. The first kappa shape index (κ1) is 44.3. The third-order valence-electron chi connectivity index (χ3n) is 11.1. The highest BCUT2D eigenvalue weighted by atomic mass is 19.3. The second-order valence-corrected chi connectivity index (χ2v) is 16.1. The number of benzene rings is 5. The summed E-state index contributed by atoms with van der Waals surface area (Å²) < 4.78 is 77.5. The van der Waals surface area contributed by atoms with Gasteiger partial charge < -0.3 is 28.4 Å². The molecule has 1 saturated heterocycles. The molecular formula is C49H50F4N2O7. The second-order valence-electron chi connectivity index (χ2n) is 16.1. The molecule has 2 unspecified atom stereocenters. The lowest BCUT2D eigenvalue weighted by molar-refractivity contribution is -0.148. The van der Waals surface area contributed by atoms with Crippen LogP contribution < -0.4 is 9.47 Å². The number of ketones is 1. The summed E-state index contributed by atoms with van der Waals surface area (Å²) in [7, 11) is 0. The van der Waals surface area contributed by atoms with Gasteiger partial charge in [-0.2, -0.15) is 8.78 Å². The van der Waals surface area contributed by atoms with E-state index in [1.165, 1.54) is 31.2 Å². The lowest BCUT2D eigenvalue weighted by atomic mass is 9.93. The number of unbranched alkanes of at least 4 members (excludes halogenated alkanes) is 1. The Kier molecular flexibility index (Phi) is 13.3. The molecule has 0 N–H and O–H groups in total. The van der Waals surface area contributed by atoms with Gasteiger partial charge in [0.05, 0.1) is 12.1 Å². The molecule has 0 bridgehead atoms. The Morgan fingerprint density at radius 2 is 1.52 bits per heavy atom. The van der Waals surface area contributed by atoms with Gasteiger partial charge in [-0.15, -0.1) is 0 Å². The standard InChI is InChI=1S/C49H50F4N2O7/c1-6-8-11-31(7-2)26-55-43-23-18-34(44(54-62-30(3)56)32-14-19-36(20-15-32)59-29-49(52,53)47(50)51)24-40(43)41-25-42(38-12-9-10-13-39(38)45(41)55)46(57)33-16-21-35(22-17-33)58-27-37-28-60-48(4,5)61-37/h9-10,12-25,31,37,47H,6-8,11,26-29H2,1-5H3/b54-44+. The lowest BCUT2D eigenvalue weighted by Gasteiger charge is -2.18. The summed E-state index contributed by atoms with van der Waals surface area (Å²) in [5.74, 6) is -4.89. The van der Waals surface area contributed by atoms with Crippen LogP contribution in [-0.4, -0.2) is 66.1 Å². The topological polar surface area (TPSA) is 97.6 Å². The summed E-state index contributed by atoms with van der Waals surface area (Å²) in [6.07, 6.45) is 0.125. The third kappa shape index (κ3) is 9.79. The SMILES string of the molecule is CCCCC(CC)Cn1c2ccc(/C(=N/OC(C)=O)c3ccc(OCC(F)(F)C(F)F)cc3)cc2c2cc(C(=O)c3ccc(OCC4COC(C)(C)O4)cc3)c3ccccc3c21. The van der Waals surface area contributed by atoms with Gasteiger partial charge in [-0.3, -0.25) is 4.79 Å². The van der Waals surface area contributed by atoms with Crippen LogP contribution in [0.15, 0.2) is 102 Å². The Morgan fingerprint density at radius 1 is 0.855 bits per heavy atom. The summed E-state index contributed by atoms with van der Waals surface area (Å²) in [5, 5.41) is 7.59. The first-order valence-corrected chi connectivity index (χ1v) is 20.9. The van der Waals surface area contributed by atoms with Crippen molar-refractivity contribution in [3.63, 3.8) is 0 Å². The molecule has 9 nitrogen and oxygen atoms in total. The van der Waals surface area contributed by atoms with Crippen molar-refractivity contribution in [3.05, 3.63) is 119 Å². The minimum absolute atomic E-state index is 0.0582. The maximum atomic E-state index is 14.6. The number of aromatic nitrogens is 1. The summed E-state index contributed by atoms with van der Waals surface area (Å²) in [5.41, 5.74) is 4.16. The zero-order valence-corrected chi connectivity index (χ0v) is 35.4. The Labute approximate surface area is 357 Å². The van der Waals surface area contributed by atoms with Crippen LogP contribution >= 0.6 is 0 Å². The fourth-order valence-electron chi connectivity index (χ4n) is 7.89. The summed E-state index contributed by atoms with van der Waals surface area (Å²) in [4.78, 5) is 31.8. The van der Waals surface area contributed by atoms with Crippen LogP contribution in [0.4, 0.5) is 17.6 Å². The zero-order valence-electron chi connectivity index (χ0n) is 35.4. The Morgan fingerprint density at radius 3 is 2.15 bits per heavy atom. The minimum Gasteiger partial charge on any atom is -0.491 e. The summed E-state index contributed by atoms with van der Waals surface area (Å²) in [6.45, 7) is 9.29. The smallest absolute Gasteiger partial charge is 0.340 e. The fraction of sp³-hybridized carbons (Fsp3) is 0.367. The molecule has 1 aliphatic rings. The molecule has 62 heavy (non-hydrogen) atoms. The molecule has 1 aliphatic heterocycles. The highest BCUT2D eigenvalue weighted by molar-refractivity contribution is 6.26. The van der Waals surface area contributed by atoms with Crippen LogP contribution in [0.5, 0.6) is 11.5 Å². The second kappa shape index (κ2) is 18.7. The van der Waals surface area contributed by atoms with E-state index < -0.39 is 30.7 Å². The van der Waals surface area contributed by atoms with E-state index in [-0.39, 0.29) is 23.3 Å². The molecule has 7 rings (SSSR count). The number of ether oxygens (including phenoxy) is 4. The van der Waals surface area contributed by atoms with Crippen LogP contribution in [0.1, 0.15) is 87.4 Å². The number of oxime groups is 1. The number of carbonyl (C=O) groups is 2. The molecule has 0 radical (unpaired) electrons. The Bertz CT molecular complexity index is 2590. The van der Waals surface area contributed by atoms with Gasteiger partial charge in [0.25, 0.3) is 0 Å². The highest BCUT2D eigenvalue weighted by Gasteiger charge is 2.41. The van der Waals surface area contributed by atoms with Crippen LogP contribution in [0.3, 0.4) is 0 Å². The van der Waals surface area contributed by atoms with Crippen LogP contribution in [0.25, 0.3) is 32.6 Å². The number of hydrogen-bond donors (Lipinski definition) is 0. The normalized spacial score (nSPS) is 16.0. The number of carbonyl (C=O) groups excluding carboxylic acids is 2. The van der Waals surface area contributed by atoms with E-state index >= 15 is 0 Å². The van der Waals surface area contributed by atoms with Crippen molar-refractivity contribution < 1.29 is 50.9 Å². The average molecular weight is 855 g/mol. The molecule has 2 atom stereocenters. The monoisotopic (exact) mass is 854 g/mol. The van der Waals surface area contributed by atoms with Crippen molar-refractivity contribution in [3.8, 4) is 11.5 Å². The van der Waals surface area contributed by atoms with Crippen molar-refractivity contribution in [1.29, 1.82) is 0 Å². The number of alkyl halides is 4. The van der Waals surface area contributed by atoms with Crippen molar-refractivity contribution >= 4 is 50.0 Å². The maximum Gasteiger partial charge on any atom is 0.340 e. The van der Waals surface area contributed by atoms with Gasteiger partial charge in [-0.1, -0.05) is 68.6 Å². The third-order valence-corrected chi connectivity index (χ3v) is 11.1. The van der Waals surface area contributed by atoms with Gasteiger partial charge in [-0.05, 0) is 98.3 Å². The van der Waals surface area contributed by atoms with Crippen LogP contribution in [0.2, 0.25) is 0 Å². The average Bonchev–Trinajstić information content (AvgIpc) is 3.78. The van der Waals surface area contributed by atoms with Crippen molar-refractivity contribution in [2.24, 2.45) is 11.1 Å². The van der Waals surface area contributed by atoms with E-state index in [0.717, 1.165) is 64.8 Å². The minimum atomic E-state index is -4.32. The van der Waals surface area contributed by atoms with Crippen molar-refractivity contribution in [1.82, 2.24) is 4.57 Å². The summed E-state index contributed by atoms with van der Waals surface area (Å²) in [6, 6.07) is 28.5. The number of fused-ring (bicyclic) bond motifs is 5. The molecule has 13 heteroatoms. The number of hydrogen-bond acceptors (Lipinski definition) is 8. The zero-order chi connectivity index (χ0) is 44.2. The molecule has 5 aromatic carbocycles. The molecule has 0 saturated carbocycles. The predicted octanol–water partition coefficient (Wildman–Crippen LogP) is 11.5. The quantitative estimate of drug-likeness (QED) is 0.0279. The van der Waals surface area contributed by atoms with Gasteiger partial charge in [-0.25, -0.2) is 13.6 Å². The van der Waals surface area contributed by atoms with Gasteiger partial charge >= 0.3 is 18.3 Å². The number of halogens is 4. The largest absolute Gasteiger partial charge is 0.491 e. The van der Waals surface area contributed by atoms with E-state index in [1.54, 1.807) is 24.3 Å². The molecule has 0 aliphatic carbocycles. The molecule has 326 valence electrons. The number of nitrogens with zero attached hydrogens (tertiary/aromatic N) is 2. The van der Waals surface area contributed by atoms with Gasteiger partial charge in [0, 0.05) is 57.4 Å². The molecule has 6 aromatic rings. The van der Waals surface area contributed by atoms with Gasteiger partial charge in [0.2, 0.25) is 0 Å². The molecule has 1 fully saturated rings. The van der Waals surface area contributed by atoms with E-state index in [4.69, 9.17) is 23.8 Å². The van der Waals surface area contributed by atoms with Crippen LogP contribution in [-0.2, 0) is 25.7 Å². The van der Waals surface area contributed by atoms with Gasteiger partial charge in [0.15, 0.2) is 18.2 Å². The van der Waals surface area contributed by atoms with Crippen LogP contribution in [0, 0.1) is 5.92 Å². The van der Waals surface area contributed by atoms with E-state index in [2.05, 4.69) is 23.6 Å². The lowest BCUT2D eigenvalue weighted by Crippen LogP contribution is -2.33. The Hall–Kier alpha value is -5.79.